The summed E-state index contributed by atoms with van der Waals surface area (Å²) in [4.78, 5) is 4.24. The molecule has 0 aliphatic heterocycles. The van der Waals surface area contributed by atoms with Crippen LogP contribution in [-0.2, 0) is 19.3 Å². The highest BCUT2D eigenvalue weighted by molar-refractivity contribution is 7.98. The molecule has 2 aromatic rings. The van der Waals surface area contributed by atoms with Gasteiger partial charge in [-0.1, -0.05) is 23.4 Å². The van der Waals surface area contributed by atoms with Crippen molar-refractivity contribution in [2.24, 2.45) is 12.8 Å². The molecule has 0 aromatic carbocycles. The molecule has 0 aliphatic rings. The number of nitrogens with two attached hydrogens (primary N) is 1. The molecule has 98 valence electrons. The summed E-state index contributed by atoms with van der Waals surface area (Å²) < 4.78 is 3.86. The van der Waals surface area contributed by atoms with Crippen LogP contribution in [0.5, 0.6) is 0 Å². The lowest BCUT2D eigenvalue weighted by molar-refractivity contribution is 0.627. The van der Waals surface area contributed by atoms with E-state index in [4.69, 9.17) is 17.3 Å². The number of imidazole rings is 1. The minimum absolute atomic E-state index is 0.570. The molecule has 0 fully saturated rings. The number of hydrogen-bond acceptors (Lipinski definition) is 5. The van der Waals surface area contributed by atoms with E-state index < -0.39 is 0 Å². The smallest absolute Gasteiger partial charge is 0.191 e. The standard InChI is InChI=1S/C10H15ClN6S/c1-7-14-15-10(17(7)4-3-12)18-6-9-13-5-8(11)16(9)2/h5H,3-4,6,12H2,1-2H3. The van der Waals surface area contributed by atoms with E-state index in [0.29, 0.717) is 17.5 Å². The molecule has 0 saturated heterocycles. The molecule has 2 rings (SSSR count). The molecule has 0 unspecified atom stereocenters. The maximum atomic E-state index is 5.94. The molecule has 0 spiro atoms. The minimum Gasteiger partial charge on any atom is -0.329 e. The number of hydrogen-bond donors (Lipinski definition) is 1. The average Bonchev–Trinajstić information content (AvgIpc) is 2.85. The van der Waals surface area contributed by atoms with E-state index >= 15 is 0 Å². The summed E-state index contributed by atoms with van der Waals surface area (Å²) in [6.45, 7) is 3.22. The fourth-order valence-electron chi connectivity index (χ4n) is 1.54. The van der Waals surface area contributed by atoms with Gasteiger partial charge in [-0.25, -0.2) is 4.98 Å². The Balaban J connectivity index is 2.08. The molecule has 18 heavy (non-hydrogen) atoms. The molecule has 0 amide bonds. The van der Waals surface area contributed by atoms with Gasteiger partial charge in [-0.3, -0.25) is 0 Å². The van der Waals surface area contributed by atoms with Gasteiger partial charge >= 0.3 is 0 Å². The van der Waals surface area contributed by atoms with Crippen LogP contribution < -0.4 is 5.73 Å². The third-order valence-electron chi connectivity index (χ3n) is 2.61. The molecule has 0 radical (unpaired) electrons. The van der Waals surface area contributed by atoms with Gasteiger partial charge in [0.15, 0.2) is 5.16 Å². The topological polar surface area (TPSA) is 74.5 Å². The third kappa shape index (κ3) is 2.68. The number of thioether (sulfide) groups is 1. The molecule has 2 N–H and O–H groups in total. The predicted molar refractivity (Wildman–Crippen MR) is 71.6 cm³/mol. The van der Waals surface area contributed by atoms with Crippen LogP contribution in [0.2, 0.25) is 5.15 Å². The van der Waals surface area contributed by atoms with Crippen molar-refractivity contribution in [1.82, 2.24) is 24.3 Å². The van der Waals surface area contributed by atoms with Gasteiger partial charge < -0.3 is 14.9 Å². The van der Waals surface area contributed by atoms with Crippen molar-refractivity contribution < 1.29 is 0 Å². The Bertz CT molecular complexity index is 534. The third-order valence-corrected chi connectivity index (χ3v) is 3.93. The molecule has 0 aliphatic carbocycles. The van der Waals surface area contributed by atoms with Crippen molar-refractivity contribution in [3.63, 3.8) is 0 Å². The van der Waals surface area contributed by atoms with Gasteiger partial charge in [0.2, 0.25) is 0 Å². The Morgan fingerprint density at radius 1 is 1.44 bits per heavy atom. The lowest BCUT2D eigenvalue weighted by Gasteiger charge is -2.06. The van der Waals surface area contributed by atoms with Crippen LogP contribution in [0, 0.1) is 6.92 Å². The van der Waals surface area contributed by atoms with Crippen LogP contribution >= 0.6 is 23.4 Å². The SMILES string of the molecule is Cc1nnc(SCc2ncc(Cl)n2C)n1CCN. The normalized spacial score (nSPS) is 11.1. The Morgan fingerprint density at radius 2 is 2.22 bits per heavy atom. The van der Waals surface area contributed by atoms with Crippen molar-refractivity contribution in [2.75, 3.05) is 6.54 Å². The molecule has 2 aromatic heterocycles. The fraction of sp³-hybridized carbons (Fsp3) is 0.500. The number of halogens is 1. The molecule has 6 nitrogen and oxygen atoms in total. The second-order valence-corrected chi connectivity index (χ2v) is 5.14. The molecule has 0 saturated carbocycles. The van der Waals surface area contributed by atoms with Gasteiger partial charge in [0.05, 0.1) is 11.9 Å². The Labute approximate surface area is 115 Å². The monoisotopic (exact) mass is 286 g/mol. The summed E-state index contributed by atoms with van der Waals surface area (Å²) in [6.07, 6.45) is 1.65. The quantitative estimate of drug-likeness (QED) is 0.837. The summed E-state index contributed by atoms with van der Waals surface area (Å²) in [5, 5.41) is 9.68. The van der Waals surface area contributed by atoms with E-state index in [0.717, 1.165) is 23.4 Å². The Morgan fingerprint density at radius 3 is 2.83 bits per heavy atom. The van der Waals surface area contributed by atoms with Crippen LogP contribution in [0.3, 0.4) is 0 Å². The maximum absolute atomic E-state index is 5.94. The van der Waals surface area contributed by atoms with E-state index in [9.17, 15) is 0 Å². The van der Waals surface area contributed by atoms with E-state index in [1.165, 1.54) is 0 Å². The minimum atomic E-state index is 0.570. The fourth-order valence-corrected chi connectivity index (χ4v) is 2.69. The Hall–Kier alpha value is -1.05. The van der Waals surface area contributed by atoms with Gasteiger partial charge in [0.25, 0.3) is 0 Å². The van der Waals surface area contributed by atoms with Crippen LogP contribution in [0.15, 0.2) is 11.4 Å². The highest BCUT2D eigenvalue weighted by atomic mass is 35.5. The number of rotatable bonds is 5. The first-order valence-electron chi connectivity index (χ1n) is 5.52. The van der Waals surface area contributed by atoms with Crippen LogP contribution in [0.4, 0.5) is 0 Å². The predicted octanol–water partition coefficient (Wildman–Crippen LogP) is 1.22. The number of aromatic nitrogens is 5. The molecule has 0 atom stereocenters. The zero-order chi connectivity index (χ0) is 13.1. The van der Waals surface area contributed by atoms with Crippen LogP contribution in [-0.4, -0.2) is 30.9 Å². The summed E-state index contributed by atoms with van der Waals surface area (Å²) in [5.74, 6) is 2.48. The second kappa shape index (κ2) is 5.73. The summed E-state index contributed by atoms with van der Waals surface area (Å²) in [6, 6.07) is 0. The number of nitrogens with zero attached hydrogens (tertiary/aromatic N) is 5. The summed E-state index contributed by atoms with van der Waals surface area (Å²) >= 11 is 7.52. The van der Waals surface area contributed by atoms with Crippen molar-refractivity contribution in [2.45, 2.75) is 24.4 Å². The lowest BCUT2D eigenvalue weighted by atomic mass is 10.6. The highest BCUT2D eigenvalue weighted by Gasteiger charge is 2.11. The van der Waals surface area contributed by atoms with E-state index in [2.05, 4.69) is 15.2 Å². The highest BCUT2D eigenvalue weighted by Crippen LogP contribution is 2.22. The molecule has 2 heterocycles. The summed E-state index contributed by atoms with van der Waals surface area (Å²) in [5.41, 5.74) is 5.57. The van der Waals surface area contributed by atoms with Gasteiger partial charge in [-0.15, -0.1) is 10.2 Å². The first kappa shape index (κ1) is 13.4. The van der Waals surface area contributed by atoms with Crippen molar-refractivity contribution in [1.29, 1.82) is 0 Å². The van der Waals surface area contributed by atoms with E-state index in [-0.39, 0.29) is 0 Å². The van der Waals surface area contributed by atoms with Gasteiger partial charge in [0.1, 0.15) is 16.8 Å². The van der Waals surface area contributed by atoms with Gasteiger partial charge in [-0.2, -0.15) is 0 Å². The Kier molecular flexibility index (Phi) is 4.26. The molecule has 0 bridgehead atoms. The van der Waals surface area contributed by atoms with E-state index in [1.54, 1.807) is 18.0 Å². The zero-order valence-corrected chi connectivity index (χ0v) is 11.9. The molecular weight excluding hydrogens is 272 g/mol. The molecule has 8 heteroatoms. The van der Waals surface area contributed by atoms with Crippen molar-refractivity contribution in [3.8, 4) is 0 Å². The second-order valence-electron chi connectivity index (χ2n) is 3.81. The van der Waals surface area contributed by atoms with Crippen molar-refractivity contribution in [3.05, 3.63) is 23.0 Å². The van der Waals surface area contributed by atoms with Crippen LogP contribution in [0.1, 0.15) is 11.6 Å². The average molecular weight is 287 g/mol. The largest absolute Gasteiger partial charge is 0.329 e. The van der Waals surface area contributed by atoms with Gasteiger partial charge in [0, 0.05) is 20.1 Å². The summed E-state index contributed by atoms with van der Waals surface area (Å²) in [7, 11) is 1.89. The van der Waals surface area contributed by atoms with Crippen LogP contribution in [0.25, 0.3) is 0 Å². The zero-order valence-electron chi connectivity index (χ0n) is 10.3. The van der Waals surface area contributed by atoms with Gasteiger partial charge in [-0.05, 0) is 6.92 Å². The molecular formula is C10H15ClN6S. The first-order valence-corrected chi connectivity index (χ1v) is 6.88. The first-order chi connectivity index (χ1) is 8.63. The number of aryl methyl sites for hydroxylation is 1. The van der Waals surface area contributed by atoms with E-state index in [1.807, 2.05) is 23.1 Å². The lowest BCUT2D eigenvalue weighted by Crippen LogP contribution is -2.12. The maximum Gasteiger partial charge on any atom is 0.191 e. The van der Waals surface area contributed by atoms with Crippen molar-refractivity contribution >= 4 is 23.4 Å².